The Morgan fingerprint density at radius 1 is 0.886 bits per heavy atom. The van der Waals surface area contributed by atoms with Gasteiger partial charge in [-0.05, 0) is 62.0 Å². The molecular formula is C34H49N3O6Si. The average Bonchev–Trinajstić information content (AvgIpc) is 3.40. The zero-order valence-electron chi connectivity index (χ0n) is 27.8. The van der Waals surface area contributed by atoms with Crippen molar-refractivity contribution in [2.24, 2.45) is 0 Å². The van der Waals surface area contributed by atoms with E-state index in [9.17, 15) is 9.59 Å². The minimum Gasteiger partial charge on any atom is -0.489 e. The monoisotopic (exact) mass is 623 g/mol. The van der Waals surface area contributed by atoms with E-state index in [2.05, 4.69) is 52.0 Å². The number of carbonyl (C=O) groups excluding carboxylic acids is 2. The molecule has 0 saturated carbocycles. The lowest BCUT2D eigenvalue weighted by atomic mass is 10.1. The predicted molar refractivity (Wildman–Crippen MR) is 176 cm³/mol. The fraction of sp³-hybridized carbons (Fsp3) is 0.500. The van der Waals surface area contributed by atoms with Gasteiger partial charge < -0.3 is 24.0 Å². The second-order valence-electron chi connectivity index (χ2n) is 13.1. The van der Waals surface area contributed by atoms with E-state index in [4.69, 9.17) is 18.6 Å². The van der Waals surface area contributed by atoms with E-state index in [-0.39, 0.29) is 11.9 Å². The maximum absolute atomic E-state index is 13.4. The molecule has 1 heterocycles. The standard InChI is InChI=1S/C34H49N3O6Si/c1-23(2)44(24(3)4,25(5)6)41-21-26(7)42-30-19-28(18-29(20-30)40-22-27-14-12-11-13-15-27)32(38)35-31-16-17-37(36-31)33(39)43-34(8,9)10/h11-20,23-26H,21-22H2,1-10H3,(H,35,36,38)/t26-/m0/s1. The van der Waals surface area contributed by atoms with Gasteiger partial charge in [0.05, 0.1) is 6.61 Å². The Balaban J connectivity index is 1.81. The number of anilines is 1. The molecule has 1 atom stereocenters. The number of rotatable bonds is 13. The zero-order chi connectivity index (χ0) is 32.7. The third kappa shape index (κ3) is 9.43. The van der Waals surface area contributed by atoms with Crippen LogP contribution in [0.4, 0.5) is 10.6 Å². The maximum atomic E-state index is 13.4. The number of nitrogens with one attached hydrogen (secondary N) is 1. The highest BCUT2D eigenvalue weighted by atomic mass is 28.4. The smallest absolute Gasteiger partial charge is 0.435 e. The van der Waals surface area contributed by atoms with Gasteiger partial charge in [0, 0.05) is 23.9 Å². The summed E-state index contributed by atoms with van der Waals surface area (Å²) in [6, 6.07) is 16.4. The molecule has 0 aliphatic rings. The first-order chi connectivity index (χ1) is 20.6. The van der Waals surface area contributed by atoms with Gasteiger partial charge in [-0.1, -0.05) is 71.9 Å². The maximum Gasteiger partial charge on any atom is 0.435 e. The third-order valence-electron chi connectivity index (χ3n) is 7.41. The first kappa shape index (κ1) is 34.9. The lowest BCUT2D eigenvalue weighted by Crippen LogP contribution is -2.49. The van der Waals surface area contributed by atoms with E-state index in [1.54, 1.807) is 39.0 Å². The normalized spacial score (nSPS) is 12.8. The Labute approximate surface area is 263 Å². The molecule has 0 radical (unpaired) electrons. The summed E-state index contributed by atoms with van der Waals surface area (Å²) >= 11 is 0. The molecule has 3 aromatic rings. The number of aromatic nitrogens is 2. The highest BCUT2D eigenvalue weighted by Crippen LogP contribution is 2.42. The zero-order valence-corrected chi connectivity index (χ0v) is 28.8. The number of hydrogen-bond acceptors (Lipinski definition) is 7. The topological polar surface area (TPSA) is 101 Å². The van der Waals surface area contributed by atoms with Gasteiger partial charge >= 0.3 is 6.09 Å². The minimum absolute atomic E-state index is 0.207. The van der Waals surface area contributed by atoms with Crippen molar-refractivity contribution in [1.82, 2.24) is 9.78 Å². The van der Waals surface area contributed by atoms with Crippen LogP contribution in [0.2, 0.25) is 16.6 Å². The largest absolute Gasteiger partial charge is 0.489 e. The molecule has 0 unspecified atom stereocenters. The molecule has 1 N–H and O–H groups in total. The Kier molecular flexibility index (Phi) is 11.8. The molecule has 0 spiro atoms. The Morgan fingerprint density at radius 2 is 1.50 bits per heavy atom. The Bertz CT molecular complexity index is 1360. The van der Waals surface area contributed by atoms with Crippen LogP contribution in [0.1, 0.15) is 85.2 Å². The van der Waals surface area contributed by atoms with Gasteiger partial charge in [-0.3, -0.25) is 4.79 Å². The van der Waals surface area contributed by atoms with E-state index >= 15 is 0 Å². The van der Waals surface area contributed by atoms with Crippen LogP contribution >= 0.6 is 0 Å². The first-order valence-corrected chi connectivity index (χ1v) is 17.5. The van der Waals surface area contributed by atoms with Crippen molar-refractivity contribution in [3.8, 4) is 11.5 Å². The summed E-state index contributed by atoms with van der Waals surface area (Å²) in [6.45, 7) is 21.6. The van der Waals surface area contributed by atoms with Crippen molar-refractivity contribution in [2.75, 3.05) is 11.9 Å². The van der Waals surface area contributed by atoms with Gasteiger partial charge in [-0.2, -0.15) is 4.68 Å². The number of hydrogen-bond donors (Lipinski definition) is 1. The SMILES string of the molecule is CC(C)[Si](OC[C@H](C)Oc1cc(OCc2ccccc2)cc(C(=O)Nc2ccn(C(=O)OC(C)(C)C)n2)c1)(C(C)C)C(C)C. The third-order valence-corrected chi connectivity index (χ3v) is 13.5. The van der Waals surface area contributed by atoms with Crippen LogP contribution in [-0.4, -0.2) is 48.4 Å². The van der Waals surface area contributed by atoms with E-state index in [0.717, 1.165) is 10.2 Å². The molecule has 0 aliphatic heterocycles. The molecule has 10 heteroatoms. The predicted octanol–water partition coefficient (Wildman–Crippen LogP) is 8.46. The second kappa shape index (κ2) is 14.9. The van der Waals surface area contributed by atoms with Crippen LogP contribution in [0, 0.1) is 0 Å². The highest BCUT2D eigenvalue weighted by Gasteiger charge is 2.45. The van der Waals surface area contributed by atoms with Gasteiger partial charge in [0.1, 0.15) is 29.8 Å². The minimum atomic E-state index is -2.07. The lowest BCUT2D eigenvalue weighted by Gasteiger charge is -2.42. The van der Waals surface area contributed by atoms with Gasteiger partial charge in [0.25, 0.3) is 5.91 Å². The summed E-state index contributed by atoms with van der Waals surface area (Å²) in [4.78, 5) is 25.7. The van der Waals surface area contributed by atoms with Crippen LogP contribution in [-0.2, 0) is 15.8 Å². The molecule has 0 fully saturated rings. The summed E-state index contributed by atoms with van der Waals surface area (Å²) in [7, 11) is -2.07. The molecule has 3 rings (SSSR count). The summed E-state index contributed by atoms with van der Waals surface area (Å²) in [5.41, 5.74) is 2.01. The molecule has 0 bridgehead atoms. The van der Waals surface area contributed by atoms with Crippen LogP contribution in [0.5, 0.6) is 11.5 Å². The number of ether oxygens (including phenoxy) is 3. The summed E-state index contributed by atoms with van der Waals surface area (Å²) in [5, 5.41) is 6.91. The number of benzene rings is 2. The number of carbonyl (C=O) groups is 2. The van der Waals surface area contributed by atoms with E-state index in [1.807, 2.05) is 37.3 Å². The van der Waals surface area contributed by atoms with Gasteiger partial charge in [-0.25, -0.2) is 4.79 Å². The quantitative estimate of drug-likeness (QED) is 0.191. The van der Waals surface area contributed by atoms with Crippen molar-refractivity contribution in [1.29, 1.82) is 0 Å². The van der Waals surface area contributed by atoms with Gasteiger partial charge in [-0.15, -0.1) is 5.10 Å². The molecule has 44 heavy (non-hydrogen) atoms. The van der Waals surface area contributed by atoms with Crippen molar-refractivity contribution < 1.29 is 28.2 Å². The Hall–Kier alpha value is -3.63. The molecule has 2 aromatic carbocycles. The van der Waals surface area contributed by atoms with Crippen LogP contribution in [0.3, 0.4) is 0 Å². The molecule has 1 amide bonds. The summed E-state index contributed by atoms with van der Waals surface area (Å²) < 4.78 is 25.5. The van der Waals surface area contributed by atoms with Crippen molar-refractivity contribution >= 4 is 26.1 Å². The van der Waals surface area contributed by atoms with Crippen LogP contribution in [0.15, 0.2) is 60.8 Å². The lowest BCUT2D eigenvalue weighted by molar-refractivity contribution is 0.0514. The number of amides is 1. The fourth-order valence-corrected chi connectivity index (χ4v) is 11.1. The van der Waals surface area contributed by atoms with Crippen molar-refractivity contribution in [3.63, 3.8) is 0 Å². The van der Waals surface area contributed by atoms with Crippen molar-refractivity contribution in [3.05, 3.63) is 71.9 Å². The van der Waals surface area contributed by atoms with Crippen LogP contribution in [0.25, 0.3) is 0 Å². The molecule has 9 nitrogen and oxygen atoms in total. The molecule has 0 aliphatic carbocycles. The first-order valence-electron chi connectivity index (χ1n) is 15.3. The molecule has 240 valence electrons. The average molecular weight is 624 g/mol. The number of nitrogens with zero attached hydrogens (tertiary/aromatic N) is 2. The van der Waals surface area contributed by atoms with Gasteiger partial charge in [0.15, 0.2) is 5.82 Å². The summed E-state index contributed by atoms with van der Waals surface area (Å²) in [5.74, 6) is 0.753. The molecule has 0 saturated heterocycles. The highest BCUT2D eigenvalue weighted by molar-refractivity contribution is 6.77. The van der Waals surface area contributed by atoms with E-state index in [0.29, 0.717) is 46.9 Å². The fourth-order valence-electron chi connectivity index (χ4n) is 5.61. The van der Waals surface area contributed by atoms with Crippen LogP contribution < -0.4 is 14.8 Å². The second-order valence-corrected chi connectivity index (χ2v) is 18.6. The van der Waals surface area contributed by atoms with E-state index in [1.165, 1.54) is 12.3 Å². The Morgan fingerprint density at radius 3 is 2.09 bits per heavy atom. The van der Waals surface area contributed by atoms with Gasteiger partial charge in [0.2, 0.25) is 8.32 Å². The summed E-state index contributed by atoms with van der Waals surface area (Å²) in [6.07, 6.45) is 0.539. The van der Waals surface area contributed by atoms with Crippen molar-refractivity contribution in [2.45, 2.75) is 104 Å². The molecular weight excluding hydrogens is 574 g/mol. The van der Waals surface area contributed by atoms with E-state index < -0.39 is 25.9 Å². The molecule has 1 aromatic heterocycles.